The normalized spacial score (nSPS) is 11.6. The fourth-order valence-corrected chi connectivity index (χ4v) is 2.61. The molecule has 1 atom stereocenters. The van der Waals surface area contributed by atoms with E-state index >= 15 is 0 Å². The van der Waals surface area contributed by atoms with Crippen molar-refractivity contribution in [1.29, 1.82) is 0 Å². The maximum absolute atomic E-state index is 12.9. The van der Waals surface area contributed by atoms with Gasteiger partial charge in [0, 0.05) is 18.5 Å². The quantitative estimate of drug-likeness (QED) is 0.750. The van der Waals surface area contributed by atoms with Gasteiger partial charge in [-0.1, -0.05) is 30.3 Å². The van der Waals surface area contributed by atoms with Crippen LogP contribution in [0.1, 0.15) is 17.0 Å². The first-order valence-corrected chi connectivity index (χ1v) is 8.01. The van der Waals surface area contributed by atoms with Crippen molar-refractivity contribution in [2.75, 3.05) is 12.4 Å². The van der Waals surface area contributed by atoms with Gasteiger partial charge in [-0.3, -0.25) is 9.78 Å². The standard InChI is InChI=1S/C20H19N3O2/c1-25-19-8-7-17(14-22-19)23-20(24)18(16-5-3-2-4-6-16)13-15-9-11-21-12-10-15/h2-12,14,18H,13H2,1H3,(H,23,24). The fourth-order valence-electron chi connectivity index (χ4n) is 2.61. The molecule has 3 rings (SSSR count). The number of carbonyl (C=O) groups excluding carboxylic acids is 1. The van der Waals surface area contributed by atoms with Crippen molar-refractivity contribution >= 4 is 11.6 Å². The Labute approximate surface area is 146 Å². The predicted molar refractivity (Wildman–Crippen MR) is 96.5 cm³/mol. The topological polar surface area (TPSA) is 64.1 Å². The molecule has 25 heavy (non-hydrogen) atoms. The summed E-state index contributed by atoms with van der Waals surface area (Å²) < 4.78 is 5.04. The summed E-state index contributed by atoms with van der Waals surface area (Å²) in [5, 5.41) is 2.94. The van der Waals surface area contributed by atoms with Crippen LogP contribution in [0, 0.1) is 0 Å². The predicted octanol–water partition coefficient (Wildman–Crippen LogP) is 3.45. The smallest absolute Gasteiger partial charge is 0.232 e. The molecule has 3 aromatic rings. The van der Waals surface area contributed by atoms with Crippen LogP contribution in [-0.4, -0.2) is 23.0 Å². The number of amides is 1. The van der Waals surface area contributed by atoms with E-state index in [9.17, 15) is 4.79 Å². The van der Waals surface area contributed by atoms with E-state index in [1.54, 1.807) is 37.8 Å². The minimum absolute atomic E-state index is 0.0741. The van der Waals surface area contributed by atoms with Crippen LogP contribution in [0.2, 0.25) is 0 Å². The zero-order valence-corrected chi connectivity index (χ0v) is 13.9. The van der Waals surface area contributed by atoms with Gasteiger partial charge in [-0.25, -0.2) is 4.98 Å². The molecule has 0 bridgehead atoms. The minimum Gasteiger partial charge on any atom is -0.481 e. The molecule has 2 aromatic heterocycles. The Morgan fingerprint density at radius 1 is 1.08 bits per heavy atom. The molecule has 0 aliphatic heterocycles. The van der Waals surface area contributed by atoms with Crippen molar-refractivity contribution in [3.05, 3.63) is 84.3 Å². The average Bonchev–Trinajstić information content (AvgIpc) is 2.68. The molecule has 0 aliphatic carbocycles. The number of methoxy groups -OCH3 is 1. The van der Waals surface area contributed by atoms with Gasteiger partial charge in [0.25, 0.3) is 0 Å². The van der Waals surface area contributed by atoms with Crippen molar-refractivity contribution in [2.45, 2.75) is 12.3 Å². The summed E-state index contributed by atoms with van der Waals surface area (Å²) in [6.45, 7) is 0. The Kier molecular flexibility index (Phi) is 5.36. The third kappa shape index (κ3) is 4.41. The zero-order chi connectivity index (χ0) is 17.5. The lowest BCUT2D eigenvalue weighted by Gasteiger charge is -2.17. The molecular formula is C20H19N3O2. The summed E-state index contributed by atoms with van der Waals surface area (Å²) in [4.78, 5) is 21.0. The van der Waals surface area contributed by atoms with Crippen LogP contribution in [-0.2, 0) is 11.2 Å². The molecule has 5 nitrogen and oxygen atoms in total. The minimum atomic E-state index is -0.300. The van der Waals surface area contributed by atoms with E-state index in [2.05, 4.69) is 15.3 Å². The molecule has 1 amide bonds. The van der Waals surface area contributed by atoms with Gasteiger partial charge >= 0.3 is 0 Å². The van der Waals surface area contributed by atoms with E-state index in [4.69, 9.17) is 4.74 Å². The summed E-state index contributed by atoms with van der Waals surface area (Å²) in [5.74, 6) is 0.134. The Morgan fingerprint density at radius 3 is 2.48 bits per heavy atom. The van der Waals surface area contributed by atoms with Crippen LogP contribution in [0.15, 0.2) is 73.2 Å². The summed E-state index contributed by atoms with van der Waals surface area (Å²) in [6.07, 6.45) is 5.67. The van der Waals surface area contributed by atoms with Gasteiger partial charge in [0.1, 0.15) is 0 Å². The second-order valence-corrected chi connectivity index (χ2v) is 5.60. The average molecular weight is 333 g/mol. The van der Waals surface area contributed by atoms with Crippen LogP contribution >= 0.6 is 0 Å². The summed E-state index contributed by atoms with van der Waals surface area (Å²) in [7, 11) is 1.56. The third-order valence-corrected chi connectivity index (χ3v) is 3.92. The van der Waals surface area contributed by atoms with E-state index in [0.717, 1.165) is 11.1 Å². The maximum Gasteiger partial charge on any atom is 0.232 e. The molecular weight excluding hydrogens is 314 g/mol. The fraction of sp³-hybridized carbons (Fsp3) is 0.150. The molecule has 1 aromatic carbocycles. The second kappa shape index (κ2) is 8.06. The second-order valence-electron chi connectivity index (χ2n) is 5.60. The number of nitrogens with one attached hydrogen (secondary N) is 1. The molecule has 0 radical (unpaired) electrons. The van der Waals surface area contributed by atoms with Crippen molar-refractivity contribution in [2.24, 2.45) is 0 Å². The maximum atomic E-state index is 12.9. The van der Waals surface area contributed by atoms with Gasteiger partial charge in [0.2, 0.25) is 11.8 Å². The molecule has 0 spiro atoms. The lowest BCUT2D eigenvalue weighted by Crippen LogP contribution is -2.23. The summed E-state index contributed by atoms with van der Waals surface area (Å²) >= 11 is 0. The van der Waals surface area contributed by atoms with Gasteiger partial charge in [-0.05, 0) is 35.7 Å². The van der Waals surface area contributed by atoms with Crippen molar-refractivity contribution in [1.82, 2.24) is 9.97 Å². The molecule has 0 saturated carbocycles. The Bertz CT molecular complexity index is 805. The van der Waals surface area contributed by atoms with Gasteiger partial charge < -0.3 is 10.1 Å². The van der Waals surface area contributed by atoms with E-state index in [0.29, 0.717) is 18.0 Å². The Balaban J connectivity index is 1.81. The molecule has 1 N–H and O–H groups in total. The Hall–Kier alpha value is -3.21. The lowest BCUT2D eigenvalue weighted by atomic mass is 9.91. The van der Waals surface area contributed by atoms with Crippen molar-refractivity contribution < 1.29 is 9.53 Å². The third-order valence-electron chi connectivity index (χ3n) is 3.92. The first-order chi connectivity index (χ1) is 12.3. The Morgan fingerprint density at radius 2 is 1.84 bits per heavy atom. The largest absolute Gasteiger partial charge is 0.481 e. The number of hydrogen-bond donors (Lipinski definition) is 1. The van der Waals surface area contributed by atoms with Crippen LogP contribution < -0.4 is 10.1 Å². The molecule has 0 fully saturated rings. The van der Waals surface area contributed by atoms with E-state index in [1.165, 1.54) is 0 Å². The monoisotopic (exact) mass is 333 g/mol. The van der Waals surface area contributed by atoms with Crippen molar-refractivity contribution in [3.63, 3.8) is 0 Å². The van der Waals surface area contributed by atoms with Gasteiger partial charge in [0.05, 0.1) is 24.9 Å². The molecule has 0 saturated heterocycles. The number of aromatic nitrogens is 2. The zero-order valence-electron chi connectivity index (χ0n) is 13.9. The van der Waals surface area contributed by atoms with Gasteiger partial charge in [-0.15, -0.1) is 0 Å². The SMILES string of the molecule is COc1ccc(NC(=O)C(Cc2ccncc2)c2ccccc2)cn1. The van der Waals surface area contributed by atoms with E-state index in [-0.39, 0.29) is 11.8 Å². The number of rotatable bonds is 6. The van der Waals surface area contributed by atoms with E-state index < -0.39 is 0 Å². The van der Waals surface area contributed by atoms with Gasteiger partial charge in [0.15, 0.2) is 0 Å². The van der Waals surface area contributed by atoms with Gasteiger partial charge in [-0.2, -0.15) is 0 Å². The molecule has 1 unspecified atom stereocenters. The highest BCUT2D eigenvalue weighted by Gasteiger charge is 2.21. The molecule has 0 aliphatic rings. The van der Waals surface area contributed by atoms with Crippen molar-refractivity contribution in [3.8, 4) is 5.88 Å². The number of carbonyl (C=O) groups is 1. The first-order valence-electron chi connectivity index (χ1n) is 8.01. The van der Waals surface area contributed by atoms with E-state index in [1.807, 2.05) is 42.5 Å². The summed E-state index contributed by atoms with van der Waals surface area (Å²) in [6, 6.07) is 17.1. The number of hydrogen-bond acceptors (Lipinski definition) is 4. The van der Waals surface area contributed by atoms with Crippen LogP contribution in [0.5, 0.6) is 5.88 Å². The molecule has 126 valence electrons. The highest BCUT2D eigenvalue weighted by molar-refractivity contribution is 5.96. The highest BCUT2D eigenvalue weighted by Crippen LogP contribution is 2.23. The van der Waals surface area contributed by atoms with Crippen LogP contribution in [0.3, 0.4) is 0 Å². The van der Waals surface area contributed by atoms with Crippen LogP contribution in [0.4, 0.5) is 5.69 Å². The highest BCUT2D eigenvalue weighted by atomic mass is 16.5. The lowest BCUT2D eigenvalue weighted by molar-refractivity contribution is -0.117. The molecule has 5 heteroatoms. The molecule has 2 heterocycles. The number of pyridine rings is 2. The number of anilines is 1. The number of ether oxygens (including phenoxy) is 1. The number of nitrogens with zero attached hydrogens (tertiary/aromatic N) is 2. The summed E-state index contributed by atoms with van der Waals surface area (Å²) in [5.41, 5.74) is 2.67. The van der Waals surface area contributed by atoms with Crippen LogP contribution in [0.25, 0.3) is 0 Å². The first kappa shape index (κ1) is 16.6. The number of benzene rings is 1.